The lowest BCUT2D eigenvalue weighted by Gasteiger charge is -2.10. The van der Waals surface area contributed by atoms with Crippen molar-refractivity contribution in [3.05, 3.63) is 28.3 Å². The molecule has 104 valence electrons. The average Bonchev–Trinajstić information content (AvgIpc) is 2.34. The quantitative estimate of drug-likeness (QED) is 0.440. The van der Waals surface area contributed by atoms with Gasteiger partial charge >= 0.3 is 11.8 Å². The number of nitrogens with two attached hydrogens (primary N) is 1. The molecule has 0 saturated heterocycles. The van der Waals surface area contributed by atoms with Crippen molar-refractivity contribution in [2.45, 2.75) is 6.92 Å². The van der Waals surface area contributed by atoms with Crippen LogP contribution in [-0.4, -0.2) is 30.8 Å². The molecule has 1 rings (SSSR count). The van der Waals surface area contributed by atoms with E-state index in [1.54, 1.807) is 19.1 Å². The van der Waals surface area contributed by atoms with Gasteiger partial charge in [-0.2, -0.15) is 0 Å². The maximum Gasteiger partial charge on any atom is 0.404 e. The third kappa shape index (κ3) is 4.34. The minimum atomic E-state index is -0.889. The number of amides is 1. The molecule has 0 spiro atoms. The summed E-state index contributed by atoms with van der Waals surface area (Å²) in [5, 5.41) is 13.8. The Hall–Kier alpha value is -2.51. The van der Waals surface area contributed by atoms with Crippen LogP contribution in [-0.2, 0) is 4.74 Å². The summed E-state index contributed by atoms with van der Waals surface area (Å²) in [6.07, 6.45) is -0.889. The van der Waals surface area contributed by atoms with Gasteiger partial charge in [0.1, 0.15) is 12.3 Å². The highest BCUT2D eigenvalue weighted by atomic mass is 16.6. The summed E-state index contributed by atoms with van der Waals surface area (Å²) in [7, 11) is 0. The van der Waals surface area contributed by atoms with E-state index < -0.39 is 11.0 Å². The van der Waals surface area contributed by atoms with Crippen LogP contribution >= 0.6 is 0 Å². The van der Waals surface area contributed by atoms with E-state index in [0.717, 1.165) is 0 Å². The number of para-hydroxylation sites is 1. The minimum Gasteiger partial charge on any atom is -0.487 e. The molecule has 0 aliphatic rings. The maximum atomic E-state index is 11.0. The van der Waals surface area contributed by atoms with Crippen LogP contribution in [0.2, 0.25) is 0 Å². The van der Waals surface area contributed by atoms with Gasteiger partial charge in [-0.05, 0) is 19.1 Å². The molecule has 1 aromatic rings. The minimum absolute atomic E-state index is 0.0192. The van der Waals surface area contributed by atoms with Crippen molar-refractivity contribution in [3.63, 3.8) is 0 Å². The second kappa shape index (κ2) is 7.04. The van der Waals surface area contributed by atoms with Crippen LogP contribution in [0.1, 0.15) is 6.92 Å². The molecule has 0 fully saturated rings. The van der Waals surface area contributed by atoms with Crippen molar-refractivity contribution in [2.24, 2.45) is 5.73 Å². The fraction of sp³-hybridized carbons (Fsp3) is 0.364. The van der Waals surface area contributed by atoms with Crippen LogP contribution in [0, 0.1) is 10.1 Å². The van der Waals surface area contributed by atoms with E-state index in [1.807, 2.05) is 0 Å². The van der Waals surface area contributed by atoms with Crippen LogP contribution in [0.15, 0.2) is 18.2 Å². The summed E-state index contributed by atoms with van der Waals surface area (Å²) in [5.74, 6) is 0.188. The van der Waals surface area contributed by atoms with Crippen LogP contribution < -0.4 is 15.8 Å². The number of primary amides is 1. The summed E-state index contributed by atoms with van der Waals surface area (Å²) in [5.41, 5.74) is 4.94. The van der Waals surface area contributed by atoms with Crippen molar-refractivity contribution in [3.8, 4) is 5.75 Å². The number of rotatable bonds is 7. The number of nitrogens with one attached hydrogen (secondary N) is 1. The molecule has 0 saturated carbocycles. The molecule has 0 atom stereocenters. The molecule has 8 nitrogen and oxygen atoms in total. The topological polar surface area (TPSA) is 117 Å². The Morgan fingerprint density at radius 2 is 2.26 bits per heavy atom. The number of ether oxygens (including phenoxy) is 2. The molecule has 0 aromatic heterocycles. The Balaban J connectivity index is 2.78. The number of carbonyl (C=O) groups excluding carboxylic acids is 1. The highest BCUT2D eigenvalue weighted by Gasteiger charge is 2.20. The van der Waals surface area contributed by atoms with E-state index in [1.165, 1.54) is 6.07 Å². The van der Waals surface area contributed by atoms with Crippen molar-refractivity contribution in [1.82, 2.24) is 0 Å². The zero-order valence-electron chi connectivity index (χ0n) is 10.4. The average molecular weight is 269 g/mol. The highest BCUT2D eigenvalue weighted by Crippen LogP contribution is 2.34. The van der Waals surface area contributed by atoms with Gasteiger partial charge in [0.2, 0.25) is 0 Å². The molecule has 0 bridgehead atoms. The molecule has 0 aliphatic carbocycles. The number of hydrogen-bond acceptors (Lipinski definition) is 6. The molecule has 19 heavy (non-hydrogen) atoms. The van der Waals surface area contributed by atoms with Crippen molar-refractivity contribution in [1.29, 1.82) is 0 Å². The summed E-state index contributed by atoms with van der Waals surface area (Å²) in [4.78, 5) is 20.9. The third-order valence-corrected chi connectivity index (χ3v) is 2.14. The number of hydrogen-bond donors (Lipinski definition) is 2. The number of anilines is 1. The standard InChI is InChI=1S/C11H15N3O5/c1-2-18-9-5-3-4-8(10(9)14(16)17)13-6-7-19-11(12)15/h3-5,13H,2,6-7H2,1H3,(H2,12,15). The Morgan fingerprint density at radius 3 is 2.84 bits per heavy atom. The van der Waals surface area contributed by atoms with E-state index >= 15 is 0 Å². The molecule has 0 radical (unpaired) electrons. The molecule has 0 heterocycles. The van der Waals surface area contributed by atoms with E-state index in [4.69, 9.17) is 10.5 Å². The van der Waals surface area contributed by atoms with Gasteiger partial charge in [-0.15, -0.1) is 0 Å². The fourth-order valence-corrected chi connectivity index (χ4v) is 1.46. The number of benzene rings is 1. The van der Waals surface area contributed by atoms with Crippen molar-refractivity contribution in [2.75, 3.05) is 25.1 Å². The summed E-state index contributed by atoms with van der Waals surface area (Å²) in [6.45, 7) is 2.30. The largest absolute Gasteiger partial charge is 0.487 e. The van der Waals surface area contributed by atoms with E-state index in [2.05, 4.69) is 10.1 Å². The van der Waals surface area contributed by atoms with Crippen LogP contribution in [0.5, 0.6) is 5.75 Å². The van der Waals surface area contributed by atoms with Crippen LogP contribution in [0.25, 0.3) is 0 Å². The fourth-order valence-electron chi connectivity index (χ4n) is 1.46. The SMILES string of the molecule is CCOc1cccc(NCCOC(N)=O)c1[N+](=O)[O-]. The van der Waals surface area contributed by atoms with Gasteiger partial charge in [0.25, 0.3) is 0 Å². The van der Waals surface area contributed by atoms with Gasteiger partial charge in [0, 0.05) is 6.54 Å². The summed E-state index contributed by atoms with van der Waals surface area (Å²) >= 11 is 0. The van der Waals surface area contributed by atoms with E-state index in [-0.39, 0.29) is 24.6 Å². The molecule has 0 aliphatic heterocycles. The Bertz CT molecular complexity index is 464. The first kappa shape index (κ1) is 14.6. The van der Waals surface area contributed by atoms with Crippen molar-refractivity contribution >= 4 is 17.5 Å². The molecule has 0 unspecified atom stereocenters. The first-order chi connectivity index (χ1) is 9.06. The molecular formula is C11H15N3O5. The lowest BCUT2D eigenvalue weighted by Crippen LogP contribution is -2.18. The molecule has 8 heteroatoms. The number of nitro groups is 1. The number of nitro benzene ring substituents is 1. The first-order valence-corrected chi connectivity index (χ1v) is 5.62. The van der Waals surface area contributed by atoms with Gasteiger partial charge < -0.3 is 20.5 Å². The number of nitrogens with zero attached hydrogens (tertiary/aromatic N) is 1. The molecule has 3 N–H and O–H groups in total. The molecular weight excluding hydrogens is 254 g/mol. The predicted octanol–water partition coefficient (Wildman–Crippen LogP) is 1.50. The molecule has 1 amide bonds. The van der Waals surface area contributed by atoms with Crippen molar-refractivity contribution < 1.29 is 19.2 Å². The Morgan fingerprint density at radius 1 is 1.53 bits per heavy atom. The van der Waals surface area contributed by atoms with E-state index in [0.29, 0.717) is 12.3 Å². The zero-order chi connectivity index (χ0) is 14.3. The van der Waals surface area contributed by atoms with Gasteiger partial charge in [-0.25, -0.2) is 4.79 Å². The van der Waals surface area contributed by atoms with Gasteiger partial charge in [0.15, 0.2) is 5.75 Å². The Labute approximate surface area is 109 Å². The zero-order valence-corrected chi connectivity index (χ0v) is 10.4. The van der Waals surface area contributed by atoms with Gasteiger partial charge in [0.05, 0.1) is 11.5 Å². The second-order valence-corrected chi connectivity index (χ2v) is 3.44. The lowest BCUT2D eigenvalue weighted by molar-refractivity contribution is -0.384. The second-order valence-electron chi connectivity index (χ2n) is 3.44. The normalized spacial score (nSPS) is 9.74. The van der Waals surface area contributed by atoms with Crippen LogP contribution in [0.3, 0.4) is 0 Å². The smallest absolute Gasteiger partial charge is 0.404 e. The van der Waals surface area contributed by atoms with Gasteiger partial charge in [-0.3, -0.25) is 10.1 Å². The monoisotopic (exact) mass is 269 g/mol. The predicted molar refractivity (Wildman–Crippen MR) is 68.3 cm³/mol. The van der Waals surface area contributed by atoms with Crippen LogP contribution in [0.4, 0.5) is 16.2 Å². The first-order valence-electron chi connectivity index (χ1n) is 5.62. The lowest BCUT2D eigenvalue weighted by atomic mass is 10.2. The van der Waals surface area contributed by atoms with Gasteiger partial charge in [-0.1, -0.05) is 6.07 Å². The highest BCUT2D eigenvalue weighted by molar-refractivity contribution is 5.68. The number of carbonyl (C=O) groups is 1. The third-order valence-electron chi connectivity index (χ3n) is 2.14. The van der Waals surface area contributed by atoms with E-state index in [9.17, 15) is 14.9 Å². The Kier molecular flexibility index (Phi) is 5.39. The summed E-state index contributed by atoms with van der Waals surface area (Å²) < 4.78 is 9.71. The maximum absolute atomic E-state index is 11.0. The summed E-state index contributed by atoms with van der Waals surface area (Å²) in [6, 6.07) is 4.70. The molecule has 1 aromatic carbocycles.